The lowest BCUT2D eigenvalue weighted by Crippen LogP contribution is -2.28. The molecule has 1 amide bonds. The molecule has 0 bridgehead atoms. The van der Waals surface area contributed by atoms with Crippen LogP contribution in [0.4, 0.5) is 5.69 Å². The van der Waals surface area contributed by atoms with Crippen molar-refractivity contribution >= 4 is 22.6 Å². The van der Waals surface area contributed by atoms with Crippen molar-refractivity contribution < 1.29 is 4.79 Å². The van der Waals surface area contributed by atoms with Gasteiger partial charge in [-0.05, 0) is 35.2 Å². The second kappa shape index (κ2) is 6.47. The molecular formula is C19H20N4O2. The Morgan fingerprint density at radius 3 is 2.52 bits per heavy atom. The summed E-state index contributed by atoms with van der Waals surface area (Å²) in [6, 6.07) is 11.0. The number of hydrogen-bond acceptors (Lipinski definition) is 4. The van der Waals surface area contributed by atoms with Gasteiger partial charge in [0.05, 0.1) is 5.39 Å². The van der Waals surface area contributed by atoms with E-state index >= 15 is 0 Å². The summed E-state index contributed by atoms with van der Waals surface area (Å²) in [7, 11) is 0. The molecule has 1 aromatic carbocycles. The lowest BCUT2D eigenvalue weighted by Gasteiger charge is -2.19. The fourth-order valence-electron chi connectivity index (χ4n) is 2.52. The smallest absolute Gasteiger partial charge is 0.263 e. The molecule has 3 aromatic rings. The minimum Gasteiger partial charge on any atom is -0.325 e. The van der Waals surface area contributed by atoms with Gasteiger partial charge in [0, 0.05) is 11.9 Å². The predicted octanol–water partition coefficient (Wildman–Crippen LogP) is 2.73. The van der Waals surface area contributed by atoms with Gasteiger partial charge >= 0.3 is 0 Å². The second-order valence-corrected chi connectivity index (χ2v) is 6.93. The van der Waals surface area contributed by atoms with E-state index < -0.39 is 0 Å². The molecule has 0 aliphatic rings. The molecule has 25 heavy (non-hydrogen) atoms. The lowest BCUT2D eigenvalue weighted by atomic mass is 9.87. The first-order valence-corrected chi connectivity index (χ1v) is 8.05. The molecule has 6 heteroatoms. The maximum Gasteiger partial charge on any atom is 0.263 e. The number of hydrogen-bond donors (Lipinski definition) is 1. The van der Waals surface area contributed by atoms with Gasteiger partial charge in [0.1, 0.15) is 12.9 Å². The van der Waals surface area contributed by atoms with Crippen molar-refractivity contribution in [2.45, 2.75) is 32.7 Å². The Morgan fingerprint density at radius 1 is 1.12 bits per heavy atom. The standard InChI is InChI=1S/C19H20N4O2/c1-19(2,3)13-6-8-14(9-7-13)22-16(24)11-23-12-21-17-15(18(23)25)5-4-10-20-17/h4-10,12H,11H2,1-3H3,(H,22,24). The number of rotatable bonds is 3. The van der Waals surface area contributed by atoms with Crippen molar-refractivity contribution in [2.75, 3.05) is 5.32 Å². The van der Waals surface area contributed by atoms with E-state index in [1.54, 1.807) is 18.3 Å². The number of amides is 1. The number of fused-ring (bicyclic) bond motifs is 1. The van der Waals surface area contributed by atoms with Crippen LogP contribution < -0.4 is 10.9 Å². The van der Waals surface area contributed by atoms with Crippen molar-refractivity contribution in [3.8, 4) is 0 Å². The van der Waals surface area contributed by atoms with Crippen LogP contribution in [0.1, 0.15) is 26.3 Å². The van der Waals surface area contributed by atoms with Crippen molar-refractivity contribution in [3.05, 3.63) is 64.8 Å². The molecule has 0 saturated heterocycles. The van der Waals surface area contributed by atoms with E-state index in [4.69, 9.17) is 0 Å². The average molecular weight is 336 g/mol. The molecule has 0 radical (unpaired) electrons. The predicted molar refractivity (Wildman–Crippen MR) is 97.6 cm³/mol. The van der Waals surface area contributed by atoms with Gasteiger partial charge < -0.3 is 5.32 Å². The molecule has 0 fully saturated rings. The summed E-state index contributed by atoms with van der Waals surface area (Å²) >= 11 is 0. The summed E-state index contributed by atoms with van der Waals surface area (Å²) in [6.07, 6.45) is 2.92. The van der Waals surface area contributed by atoms with E-state index in [1.807, 2.05) is 24.3 Å². The topological polar surface area (TPSA) is 76.9 Å². The van der Waals surface area contributed by atoms with E-state index in [1.165, 1.54) is 16.5 Å². The van der Waals surface area contributed by atoms with Crippen LogP contribution in [-0.4, -0.2) is 20.4 Å². The first kappa shape index (κ1) is 16.8. The van der Waals surface area contributed by atoms with Gasteiger partial charge in [-0.1, -0.05) is 32.9 Å². The summed E-state index contributed by atoms with van der Waals surface area (Å²) < 4.78 is 1.28. The highest BCUT2D eigenvalue weighted by Crippen LogP contribution is 2.23. The van der Waals surface area contributed by atoms with Crippen molar-refractivity contribution in [3.63, 3.8) is 0 Å². The van der Waals surface area contributed by atoms with Crippen molar-refractivity contribution in [1.29, 1.82) is 0 Å². The normalized spacial score (nSPS) is 11.5. The number of nitrogens with one attached hydrogen (secondary N) is 1. The highest BCUT2D eigenvalue weighted by Gasteiger charge is 2.13. The molecule has 1 N–H and O–H groups in total. The number of aromatic nitrogens is 3. The van der Waals surface area contributed by atoms with Gasteiger partial charge in [0.15, 0.2) is 5.65 Å². The highest BCUT2D eigenvalue weighted by atomic mass is 16.2. The molecule has 0 saturated carbocycles. The number of benzene rings is 1. The Labute approximate surface area is 145 Å². The van der Waals surface area contributed by atoms with Gasteiger partial charge in [0.2, 0.25) is 5.91 Å². The van der Waals surface area contributed by atoms with Crippen molar-refractivity contribution in [1.82, 2.24) is 14.5 Å². The highest BCUT2D eigenvalue weighted by molar-refractivity contribution is 5.90. The Balaban J connectivity index is 1.75. The molecule has 0 spiro atoms. The van der Waals surface area contributed by atoms with Crippen LogP contribution in [0.25, 0.3) is 11.0 Å². The maximum absolute atomic E-state index is 12.4. The van der Waals surface area contributed by atoms with E-state index in [0.29, 0.717) is 16.7 Å². The quantitative estimate of drug-likeness (QED) is 0.798. The molecule has 0 unspecified atom stereocenters. The molecule has 2 aromatic heterocycles. The Hall–Kier alpha value is -3.02. The van der Waals surface area contributed by atoms with Gasteiger partial charge in [-0.3, -0.25) is 14.2 Å². The van der Waals surface area contributed by atoms with Crippen LogP contribution in [0.15, 0.2) is 53.7 Å². The number of nitrogens with zero attached hydrogens (tertiary/aromatic N) is 3. The number of carbonyl (C=O) groups is 1. The molecule has 128 valence electrons. The summed E-state index contributed by atoms with van der Waals surface area (Å²) in [5.74, 6) is -0.282. The fourth-order valence-corrected chi connectivity index (χ4v) is 2.52. The lowest BCUT2D eigenvalue weighted by molar-refractivity contribution is -0.116. The Kier molecular flexibility index (Phi) is 4.35. The fraction of sp³-hybridized carbons (Fsp3) is 0.263. The monoisotopic (exact) mass is 336 g/mol. The van der Waals surface area contributed by atoms with Crippen LogP contribution in [0.5, 0.6) is 0 Å². The van der Waals surface area contributed by atoms with Gasteiger partial charge in [-0.25, -0.2) is 9.97 Å². The molecule has 0 aliphatic heterocycles. The molecule has 2 heterocycles. The van der Waals surface area contributed by atoms with E-state index in [2.05, 4.69) is 36.1 Å². The van der Waals surface area contributed by atoms with Gasteiger partial charge in [-0.15, -0.1) is 0 Å². The Morgan fingerprint density at radius 2 is 1.84 bits per heavy atom. The molecule has 0 aliphatic carbocycles. The number of anilines is 1. The van der Waals surface area contributed by atoms with Gasteiger partial charge in [-0.2, -0.15) is 0 Å². The van der Waals surface area contributed by atoms with E-state index in [-0.39, 0.29) is 23.4 Å². The van der Waals surface area contributed by atoms with Crippen LogP contribution >= 0.6 is 0 Å². The minimum atomic E-state index is -0.282. The zero-order valence-electron chi connectivity index (χ0n) is 14.5. The van der Waals surface area contributed by atoms with E-state index in [9.17, 15) is 9.59 Å². The largest absolute Gasteiger partial charge is 0.325 e. The number of carbonyl (C=O) groups excluding carboxylic acids is 1. The molecule has 6 nitrogen and oxygen atoms in total. The third kappa shape index (κ3) is 3.74. The summed E-state index contributed by atoms with van der Waals surface area (Å²) in [5, 5.41) is 3.20. The molecular weight excluding hydrogens is 316 g/mol. The summed E-state index contributed by atoms with van der Waals surface area (Å²) in [4.78, 5) is 32.8. The summed E-state index contributed by atoms with van der Waals surface area (Å²) in [5.41, 5.74) is 2.04. The minimum absolute atomic E-state index is 0.0562. The second-order valence-electron chi connectivity index (χ2n) is 6.93. The van der Waals surface area contributed by atoms with Crippen LogP contribution in [-0.2, 0) is 16.8 Å². The third-order valence-corrected chi connectivity index (χ3v) is 3.95. The van der Waals surface area contributed by atoms with E-state index in [0.717, 1.165) is 0 Å². The molecule has 0 atom stereocenters. The zero-order valence-corrected chi connectivity index (χ0v) is 14.5. The van der Waals surface area contributed by atoms with Crippen LogP contribution in [0, 0.1) is 0 Å². The summed E-state index contributed by atoms with van der Waals surface area (Å²) in [6.45, 7) is 6.30. The third-order valence-electron chi connectivity index (χ3n) is 3.95. The maximum atomic E-state index is 12.4. The first-order chi connectivity index (χ1) is 11.8. The van der Waals surface area contributed by atoms with Crippen molar-refractivity contribution in [2.24, 2.45) is 0 Å². The SMILES string of the molecule is CC(C)(C)c1ccc(NC(=O)Cn2cnc3ncccc3c2=O)cc1. The molecule has 3 rings (SSSR count). The van der Waals surface area contributed by atoms with Gasteiger partial charge in [0.25, 0.3) is 5.56 Å². The zero-order chi connectivity index (χ0) is 18.0. The first-order valence-electron chi connectivity index (χ1n) is 8.05. The Bertz CT molecular complexity index is 969. The number of pyridine rings is 1. The average Bonchev–Trinajstić information content (AvgIpc) is 2.57. The van der Waals surface area contributed by atoms with Crippen LogP contribution in [0.3, 0.4) is 0 Å². The van der Waals surface area contributed by atoms with Crippen LogP contribution in [0.2, 0.25) is 0 Å².